The fourth-order valence-electron chi connectivity index (χ4n) is 1.40. The van der Waals surface area contributed by atoms with E-state index in [-0.39, 0.29) is 11.9 Å². The van der Waals surface area contributed by atoms with Crippen molar-refractivity contribution in [1.29, 1.82) is 0 Å². The molecule has 0 aromatic heterocycles. The number of carbonyl (C=O) groups is 2. The van der Waals surface area contributed by atoms with Gasteiger partial charge in [-0.15, -0.1) is 0 Å². The number of Topliss-reactive ketones (excluding diaryl/α,β-unsaturated/α-hetero) is 1. The van der Waals surface area contributed by atoms with Gasteiger partial charge < -0.3 is 9.84 Å². The van der Waals surface area contributed by atoms with Gasteiger partial charge in [0.2, 0.25) is 0 Å². The largest absolute Gasteiger partial charge is 0.506 e. The summed E-state index contributed by atoms with van der Waals surface area (Å²) >= 11 is 0. The predicted octanol–water partition coefficient (Wildman–Crippen LogP) is 4.15. The molecule has 0 aliphatic heterocycles. The number of unbranched alkanes of at least 4 members (excludes halogenated alkanes) is 1. The Bertz CT molecular complexity index is 373. The fraction of sp³-hybridized carbons (Fsp3) is 0.467. The second-order valence-corrected chi connectivity index (χ2v) is 4.26. The Balaban J connectivity index is 0.000000342. The van der Waals surface area contributed by atoms with Gasteiger partial charge >= 0.3 is 6.16 Å². The summed E-state index contributed by atoms with van der Waals surface area (Å²) < 4.78 is 4.47. The molecule has 1 rings (SSSR count). The maximum Gasteiger partial charge on any atom is 0.506 e. The average molecular weight is 266 g/mol. The van der Waals surface area contributed by atoms with Crippen LogP contribution in [0.15, 0.2) is 30.3 Å². The van der Waals surface area contributed by atoms with E-state index < -0.39 is 6.16 Å². The summed E-state index contributed by atoms with van der Waals surface area (Å²) in [5, 5.41) is 8.16. The molecule has 0 fully saturated rings. The number of carbonyl (C=O) groups excluding carboxylic acids is 1. The van der Waals surface area contributed by atoms with E-state index in [1.165, 1.54) is 0 Å². The number of rotatable bonds is 5. The number of ketones is 1. The predicted molar refractivity (Wildman–Crippen MR) is 74.5 cm³/mol. The van der Waals surface area contributed by atoms with Crippen LogP contribution in [0, 0.1) is 0 Å². The lowest BCUT2D eigenvalue weighted by Gasteiger charge is -2.08. The molecule has 4 nitrogen and oxygen atoms in total. The summed E-state index contributed by atoms with van der Waals surface area (Å²) in [6.45, 7) is 5.40. The van der Waals surface area contributed by atoms with Gasteiger partial charge in [0.15, 0.2) is 5.78 Å². The monoisotopic (exact) mass is 266 g/mol. The molecule has 0 amide bonds. The molecule has 0 aliphatic rings. The van der Waals surface area contributed by atoms with Crippen LogP contribution < -0.4 is 0 Å². The molecule has 1 atom stereocenters. The molecule has 0 saturated heterocycles. The number of hydrogen-bond acceptors (Lipinski definition) is 3. The van der Waals surface area contributed by atoms with Crippen LogP contribution in [-0.4, -0.2) is 23.1 Å². The minimum atomic E-state index is -1.18. The Morgan fingerprint density at radius 2 is 1.84 bits per heavy atom. The maximum absolute atomic E-state index is 10.6. The third-order valence-electron chi connectivity index (χ3n) is 2.45. The molecule has 0 radical (unpaired) electrons. The van der Waals surface area contributed by atoms with Crippen molar-refractivity contribution in [3.8, 4) is 0 Å². The lowest BCUT2D eigenvalue weighted by molar-refractivity contribution is 0.0549. The third kappa shape index (κ3) is 9.83. The summed E-state index contributed by atoms with van der Waals surface area (Å²) in [6, 6.07) is 9.23. The van der Waals surface area contributed by atoms with Crippen molar-refractivity contribution in [1.82, 2.24) is 0 Å². The van der Waals surface area contributed by atoms with E-state index in [9.17, 15) is 9.59 Å². The van der Waals surface area contributed by atoms with Crippen LogP contribution in [-0.2, 0) is 4.74 Å². The average Bonchev–Trinajstić information content (AvgIpc) is 2.37. The lowest BCUT2D eigenvalue weighted by Crippen LogP contribution is -2.12. The molecular formula is C15H22O4. The smallest absolute Gasteiger partial charge is 0.450 e. The highest BCUT2D eigenvalue weighted by molar-refractivity contribution is 5.93. The van der Waals surface area contributed by atoms with Gasteiger partial charge in [0.05, 0.1) is 0 Å². The van der Waals surface area contributed by atoms with Crippen LogP contribution in [0.25, 0.3) is 0 Å². The van der Waals surface area contributed by atoms with Gasteiger partial charge in [0.25, 0.3) is 0 Å². The van der Waals surface area contributed by atoms with Crippen molar-refractivity contribution >= 4 is 11.9 Å². The van der Waals surface area contributed by atoms with Gasteiger partial charge in [0.1, 0.15) is 6.10 Å². The van der Waals surface area contributed by atoms with Crippen molar-refractivity contribution in [3.05, 3.63) is 35.9 Å². The van der Waals surface area contributed by atoms with Crippen LogP contribution >= 0.6 is 0 Å². The molecule has 106 valence electrons. The quantitative estimate of drug-likeness (QED) is 0.642. The van der Waals surface area contributed by atoms with Crippen molar-refractivity contribution in [3.63, 3.8) is 0 Å². The van der Waals surface area contributed by atoms with Crippen molar-refractivity contribution < 1.29 is 19.4 Å². The first-order valence-corrected chi connectivity index (χ1v) is 6.43. The minimum Gasteiger partial charge on any atom is -0.450 e. The zero-order valence-corrected chi connectivity index (χ0v) is 11.8. The summed E-state index contributed by atoms with van der Waals surface area (Å²) in [5.41, 5.74) is 0.775. The molecule has 1 N–H and O–H groups in total. The molecule has 0 aliphatic carbocycles. The molecule has 1 aromatic carbocycles. The van der Waals surface area contributed by atoms with Gasteiger partial charge in [-0.2, -0.15) is 0 Å². The van der Waals surface area contributed by atoms with E-state index in [4.69, 9.17) is 5.11 Å². The highest BCUT2D eigenvalue weighted by atomic mass is 16.7. The van der Waals surface area contributed by atoms with E-state index in [1.807, 2.05) is 30.3 Å². The number of carboxylic acid groups (broad SMARTS) is 1. The van der Waals surface area contributed by atoms with Crippen molar-refractivity contribution in [2.75, 3.05) is 0 Å². The van der Waals surface area contributed by atoms with Gasteiger partial charge in [-0.25, -0.2) is 4.79 Å². The van der Waals surface area contributed by atoms with Crippen LogP contribution in [0.4, 0.5) is 4.79 Å². The summed E-state index contributed by atoms with van der Waals surface area (Å²) in [5.74, 6) is 0.121. The second-order valence-electron chi connectivity index (χ2n) is 4.26. The molecule has 0 spiro atoms. The van der Waals surface area contributed by atoms with Crippen LogP contribution in [0.1, 0.15) is 50.4 Å². The van der Waals surface area contributed by atoms with E-state index in [0.717, 1.165) is 24.8 Å². The Hall–Kier alpha value is -1.84. The van der Waals surface area contributed by atoms with Gasteiger partial charge in [0, 0.05) is 5.56 Å². The summed E-state index contributed by atoms with van der Waals surface area (Å²) in [4.78, 5) is 20.6. The van der Waals surface area contributed by atoms with E-state index in [1.54, 1.807) is 13.8 Å². The Morgan fingerprint density at radius 3 is 2.21 bits per heavy atom. The molecule has 0 saturated carbocycles. The highest BCUT2D eigenvalue weighted by Crippen LogP contribution is 2.03. The first-order valence-electron chi connectivity index (χ1n) is 6.43. The topological polar surface area (TPSA) is 63.6 Å². The number of benzene rings is 1. The van der Waals surface area contributed by atoms with Crippen molar-refractivity contribution in [2.24, 2.45) is 0 Å². The molecule has 0 bridgehead atoms. The third-order valence-corrected chi connectivity index (χ3v) is 2.45. The molecule has 4 heteroatoms. The van der Waals surface area contributed by atoms with Gasteiger partial charge in [-0.3, -0.25) is 4.79 Å². The van der Waals surface area contributed by atoms with Crippen LogP contribution in [0.2, 0.25) is 0 Å². The summed E-state index contributed by atoms with van der Waals surface area (Å²) in [6.07, 6.45) is 1.59. The normalized spacial score (nSPS) is 10.9. The first kappa shape index (κ1) is 17.2. The Morgan fingerprint density at radius 1 is 1.26 bits per heavy atom. The summed E-state index contributed by atoms with van der Waals surface area (Å²) in [7, 11) is 0. The SMILES string of the molecule is CC(=O)c1ccccc1.CCCCC(C)OC(=O)O. The Kier molecular flexibility index (Phi) is 9.14. The lowest BCUT2D eigenvalue weighted by atomic mass is 10.2. The molecule has 0 heterocycles. The van der Waals surface area contributed by atoms with Crippen LogP contribution in [0.3, 0.4) is 0 Å². The molecule has 1 aromatic rings. The zero-order chi connectivity index (χ0) is 14.7. The molecular weight excluding hydrogens is 244 g/mol. The number of hydrogen-bond donors (Lipinski definition) is 1. The minimum absolute atomic E-state index is 0.121. The highest BCUT2D eigenvalue weighted by Gasteiger charge is 2.05. The molecule has 1 unspecified atom stereocenters. The second kappa shape index (κ2) is 10.1. The first-order chi connectivity index (χ1) is 8.97. The Labute approximate surface area is 114 Å². The van der Waals surface area contributed by atoms with Gasteiger partial charge in [-0.05, 0) is 20.3 Å². The zero-order valence-electron chi connectivity index (χ0n) is 11.8. The van der Waals surface area contributed by atoms with Gasteiger partial charge in [-0.1, -0.05) is 50.1 Å². The van der Waals surface area contributed by atoms with E-state index in [2.05, 4.69) is 11.7 Å². The maximum atomic E-state index is 10.6. The van der Waals surface area contributed by atoms with E-state index >= 15 is 0 Å². The molecule has 19 heavy (non-hydrogen) atoms. The standard InChI is InChI=1S/C8H8O.C7H14O3/c1-7(9)8-5-3-2-4-6-8;1-3-4-5-6(2)10-7(8)9/h2-6H,1H3;6H,3-5H2,1-2H3,(H,8,9). The fourth-order valence-corrected chi connectivity index (χ4v) is 1.40. The van der Waals surface area contributed by atoms with Crippen LogP contribution in [0.5, 0.6) is 0 Å². The number of ether oxygens (including phenoxy) is 1. The van der Waals surface area contributed by atoms with E-state index in [0.29, 0.717) is 0 Å². The van der Waals surface area contributed by atoms with Crippen molar-refractivity contribution in [2.45, 2.75) is 46.1 Å².